The molecule has 1 aromatic heterocycles. The van der Waals surface area contributed by atoms with Crippen molar-refractivity contribution >= 4 is 39.7 Å². The summed E-state index contributed by atoms with van der Waals surface area (Å²) in [6.07, 6.45) is 1.45. The Bertz CT molecular complexity index is 647. The van der Waals surface area contributed by atoms with Crippen molar-refractivity contribution < 1.29 is 13.2 Å². The summed E-state index contributed by atoms with van der Waals surface area (Å²) >= 11 is 1.26. The first-order valence-corrected chi connectivity index (χ1v) is 10.1. The molecule has 1 aromatic rings. The number of hydrogen-bond donors (Lipinski definition) is 3. The summed E-state index contributed by atoms with van der Waals surface area (Å²) in [6.45, 7) is 7.62. The molecule has 24 heavy (non-hydrogen) atoms. The van der Waals surface area contributed by atoms with E-state index in [1.807, 2.05) is 26.8 Å². The van der Waals surface area contributed by atoms with Gasteiger partial charge in [-0.05, 0) is 31.5 Å². The minimum absolute atomic E-state index is 0. The number of rotatable bonds is 6. The van der Waals surface area contributed by atoms with Crippen molar-refractivity contribution in [2.75, 3.05) is 19.6 Å². The second-order valence-corrected chi connectivity index (χ2v) is 9.90. The topological polar surface area (TPSA) is 87.3 Å². The van der Waals surface area contributed by atoms with Gasteiger partial charge < -0.3 is 10.6 Å². The van der Waals surface area contributed by atoms with Crippen LogP contribution in [0.5, 0.6) is 0 Å². The molecule has 138 valence electrons. The number of sulfonamides is 1. The lowest BCUT2D eigenvalue weighted by Crippen LogP contribution is -2.36. The van der Waals surface area contributed by atoms with Gasteiger partial charge in [0.25, 0.3) is 0 Å². The van der Waals surface area contributed by atoms with Gasteiger partial charge in [0.2, 0.25) is 15.9 Å². The fourth-order valence-corrected chi connectivity index (χ4v) is 4.88. The van der Waals surface area contributed by atoms with Gasteiger partial charge in [-0.3, -0.25) is 4.79 Å². The van der Waals surface area contributed by atoms with Crippen molar-refractivity contribution in [3.63, 3.8) is 0 Å². The van der Waals surface area contributed by atoms with E-state index in [1.165, 1.54) is 11.3 Å². The summed E-state index contributed by atoms with van der Waals surface area (Å²) in [7, 11) is -3.45. The lowest BCUT2D eigenvalue weighted by atomic mass is 9.96. The molecule has 1 atom stereocenters. The Hall–Kier alpha value is -0.670. The molecule has 1 fully saturated rings. The van der Waals surface area contributed by atoms with Crippen LogP contribution in [0.15, 0.2) is 16.3 Å². The molecule has 0 saturated carbocycles. The quantitative estimate of drug-likeness (QED) is 0.681. The van der Waals surface area contributed by atoms with Crippen LogP contribution < -0.4 is 15.4 Å². The van der Waals surface area contributed by atoms with Crippen LogP contribution in [0.25, 0.3) is 0 Å². The smallest absolute Gasteiger partial charge is 0.250 e. The van der Waals surface area contributed by atoms with Gasteiger partial charge in [0.1, 0.15) is 4.21 Å². The van der Waals surface area contributed by atoms with E-state index in [0.717, 1.165) is 17.8 Å². The fourth-order valence-electron chi connectivity index (χ4n) is 2.23. The van der Waals surface area contributed by atoms with Crippen LogP contribution in [0.3, 0.4) is 0 Å². The molecule has 9 heteroatoms. The van der Waals surface area contributed by atoms with Gasteiger partial charge in [-0.15, -0.1) is 23.7 Å². The summed E-state index contributed by atoms with van der Waals surface area (Å²) in [5.41, 5.74) is -0.414. The highest BCUT2D eigenvalue weighted by Crippen LogP contribution is 2.22. The average molecular weight is 396 g/mol. The third-order valence-electron chi connectivity index (χ3n) is 3.62. The average Bonchev–Trinajstić information content (AvgIpc) is 3.08. The highest BCUT2D eigenvalue weighted by Gasteiger charge is 2.24. The minimum Gasteiger partial charge on any atom is -0.355 e. The molecule has 0 bridgehead atoms. The van der Waals surface area contributed by atoms with Crippen LogP contribution in [-0.2, 0) is 21.2 Å². The molecular weight excluding hydrogens is 370 g/mol. The highest BCUT2D eigenvalue weighted by molar-refractivity contribution is 7.91. The molecular formula is C15H26ClN3O3S2. The third kappa shape index (κ3) is 6.00. The first kappa shape index (κ1) is 21.4. The van der Waals surface area contributed by atoms with E-state index in [1.54, 1.807) is 6.07 Å². The lowest BCUT2D eigenvalue weighted by molar-refractivity contribution is -0.128. The number of thiophene rings is 1. The zero-order valence-electron chi connectivity index (χ0n) is 14.2. The van der Waals surface area contributed by atoms with Crippen molar-refractivity contribution in [1.82, 2.24) is 15.4 Å². The summed E-state index contributed by atoms with van der Waals surface area (Å²) < 4.78 is 27.7. The van der Waals surface area contributed by atoms with Crippen LogP contribution >= 0.6 is 23.7 Å². The fraction of sp³-hybridized carbons (Fsp3) is 0.667. The maximum atomic E-state index is 12.3. The molecule has 1 aliphatic heterocycles. The Morgan fingerprint density at radius 2 is 2.08 bits per heavy atom. The zero-order valence-corrected chi connectivity index (χ0v) is 16.7. The largest absolute Gasteiger partial charge is 0.355 e. The Morgan fingerprint density at radius 1 is 1.38 bits per heavy atom. The summed E-state index contributed by atoms with van der Waals surface area (Å²) in [6, 6.07) is 3.42. The van der Waals surface area contributed by atoms with Crippen molar-refractivity contribution in [3.8, 4) is 0 Å². The molecule has 1 saturated heterocycles. The Morgan fingerprint density at radius 3 is 2.67 bits per heavy atom. The van der Waals surface area contributed by atoms with Crippen molar-refractivity contribution in [2.24, 2.45) is 5.41 Å². The lowest BCUT2D eigenvalue weighted by Gasteiger charge is -2.17. The van der Waals surface area contributed by atoms with Crippen LogP contribution in [-0.4, -0.2) is 40.0 Å². The van der Waals surface area contributed by atoms with Crippen molar-refractivity contribution in [3.05, 3.63) is 17.0 Å². The molecule has 1 unspecified atom stereocenters. The van der Waals surface area contributed by atoms with Crippen LogP contribution in [0.2, 0.25) is 0 Å². The number of carbonyl (C=O) groups excluding carboxylic acids is 1. The molecule has 1 amide bonds. The van der Waals surface area contributed by atoms with E-state index in [2.05, 4.69) is 15.4 Å². The molecule has 2 rings (SSSR count). The minimum atomic E-state index is -3.45. The second kappa shape index (κ2) is 8.62. The van der Waals surface area contributed by atoms with E-state index in [0.29, 0.717) is 23.7 Å². The molecule has 0 spiro atoms. The SMILES string of the molecule is CC(C)(C)C(=O)NCCc1ccc(S(=O)(=O)NC2CCNC2)s1.Cl. The van der Waals surface area contributed by atoms with Gasteiger partial charge in [-0.1, -0.05) is 20.8 Å². The number of nitrogens with one attached hydrogen (secondary N) is 3. The Kier molecular flexibility index (Phi) is 7.68. The van der Waals surface area contributed by atoms with Crippen molar-refractivity contribution in [1.29, 1.82) is 0 Å². The second-order valence-electron chi connectivity index (χ2n) is 6.79. The van der Waals surface area contributed by atoms with Crippen LogP contribution in [0.1, 0.15) is 32.1 Å². The van der Waals surface area contributed by atoms with Crippen molar-refractivity contribution in [2.45, 2.75) is 43.9 Å². The highest BCUT2D eigenvalue weighted by atomic mass is 35.5. The zero-order chi connectivity index (χ0) is 17.1. The van der Waals surface area contributed by atoms with Gasteiger partial charge in [0, 0.05) is 29.4 Å². The van der Waals surface area contributed by atoms with Crippen LogP contribution in [0.4, 0.5) is 0 Å². The molecule has 1 aliphatic rings. The maximum absolute atomic E-state index is 12.3. The summed E-state index contributed by atoms with van der Waals surface area (Å²) in [5.74, 6) is -0.00250. The van der Waals surface area contributed by atoms with E-state index in [4.69, 9.17) is 0 Å². The molecule has 3 N–H and O–H groups in total. The summed E-state index contributed by atoms with van der Waals surface area (Å²) in [4.78, 5) is 12.7. The third-order valence-corrected chi connectivity index (χ3v) is 6.78. The van der Waals surface area contributed by atoms with Gasteiger partial charge in [-0.25, -0.2) is 13.1 Å². The predicted molar refractivity (Wildman–Crippen MR) is 99.3 cm³/mol. The molecule has 0 aromatic carbocycles. The van der Waals surface area contributed by atoms with Gasteiger partial charge >= 0.3 is 0 Å². The normalized spacial score (nSPS) is 18.2. The van der Waals surface area contributed by atoms with Gasteiger partial charge in [-0.2, -0.15) is 0 Å². The Balaban J connectivity index is 0.00000288. The summed E-state index contributed by atoms with van der Waals surface area (Å²) in [5, 5.41) is 6.01. The van der Waals surface area contributed by atoms with E-state index >= 15 is 0 Å². The first-order valence-electron chi connectivity index (χ1n) is 7.78. The molecule has 6 nitrogen and oxygen atoms in total. The predicted octanol–water partition coefficient (Wildman–Crippen LogP) is 1.51. The standard InChI is InChI=1S/C15H25N3O3S2.ClH/c1-15(2,3)14(19)17-9-7-12-4-5-13(22-12)23(20,21)18-11-6-8-16-10-11;/h4-5,11,16,18H,6-10H2,1-3H3,(H,17,19);1H. The number of hydrogen-bond acceptors (Lipinski definition) is 5. The Labute approximate surface area is 154 Å². The molecule has 2 heterocycles. The van der Waals surface area contributed by atoms with Gasteiger partial charge in [0.05, 0.1) is 0 Å². The molecule has 0 radical (unpaired) electrons. The number of carbonyl (C=O) groups is 1. The van der Waals surface area contributed by atoms with E-state index in [9.17, 15) is 13.2 Å². The number of halogens is 1. The van der Waals surface area contributed by atoms with E-state index in [-0.39, 0.29) is 24.4 Å². The maximum Gasteiger partial charge on any atom is 0.250 e. The van der Waals surface area contributed by atoms with Gasteiger partial charge in [0.15, 0.2) is 0 Å². The number of amides is 1. The monoisotopic (exact) mass is 395 g/mol. The van der Waals surface area contributed by atoms with Crippen LogP contribution in [0, 0.1) is 5.41 Å². The van der Waals surface area contributed by atoms with E-state index < -0.39 is 15.4 Å². The first-order chi connectivity index (χ1) is 10.7. The molecule has 0 aliphatic carbocycles.